The number of ketones is 1. The summed E-state index contributed by atoms with van der Waals surface area (Å²) < 4.78 is 1.85. The minimum absolute atomic E-state index is 0.144. The number of carbonyl (C=O) groups is 1. The van der Waals surface area contributed by atoms with Crippen LogP contribution in [0.3, 0.4) is 0 Å². The molecule has 0 bridgehead atoms. The molecule has 1 aliphatic heterocycles. The first-order chi connectivity index (χ1) is 12.9. The van der Waals surface area contributed by atoms with Gasteiger partial charge >= 0.3 is 0 Å². The predicted molar refractivity (Wildman–Crippen MR) is 107 cm³/mol. The molecule has 1 aromatic carbocycles. The van der Waals surface area contributed by atoms with Crippen LogP contribution in [0.4, 0.5) is 11.6 Å². The molecule has 2 atom stereocenters. The van der Waals surface area contributed by atoms with Gasteiger partial charge in [0.05, 0.1) is 12.0 Å². The van der Waals surface area contributed by atoms with Crippen LogP contribution in [-0.4, -0.2) is 33.6 Å². The maximum absolute atomic E-state index is 13.1. The van der Waals surface area contributed by atoms with Gasteiger partial charge in [-0.25, -0.2) is 4.68 Å². The number of hydrogen-bond acceptors (Lipinski definition) is 5. The average Bonchev–Trinajstić information content (AvgIpc) is 3.08. The third-order valence-corrected chi connectivity index (χ3v) is 5.63. The maximum atomic E-state index is 13.1. The molecule has 142 valence electrons. The third kappa shape index (κ3) is 3.03. The lowest BCUT2D eigenvalue weighted by Gasteiger charge is -2.40. The molecule has 0 fully saturated rings. The number of aromatic nitrogens is 3. The number of rotatable bonds is 4. The van der Waals surface area contributed by atoms with Crippen LogP contribution in [0.25, 0.3) is 0 Å². The maximum Gasteiger partial charge on any atom is 0.226 e. The minimum Gasteiger partial charge on any atom is -0.372 e. The first-order valence-corrected chi connectivity index (χ1v) is 9.70. The number of Topliss-reactive ketones (excluding diaryl/α,β-unsaturated/α-hetero) is 1. The van der Waals surface area contributed by atoms with Crippen molar-refractivity contribution >= 4 is 17.4 Å². The molecule has 0 saturated heterocycles. The zero-order valence-corrected chi connectivity index (χ0v) is 16.4. The lowest BCUT2D eigenvalue weighted by atomic mass is 9.72. The van der Waals surface area contributed by atoms with Crippen LogP contribution in [0, 0.1) is 11.3 Å². The molecule has 2 aromatic rings. The zero-order valence-electron chi connectivity index (χ0n) is 16.4. The Balaban J connectivity index is 1.78. The van der Waals surface area contributed by atoms with Gasteiger partial charge < -0.3 is 10.2 Å². The van der Waals surface area contributed by atoms with Crippen LogP contribution in [0.15, 0.2) is 42.4 Å². The van der Waals surface area contributed by atoms with E-state index in [1.807, 2.05) is 4.68 Å². The Kier molecular flexibility index (Phi) is 4.29. The fourth-order valence-electron chi connectivity index (χ4n) is 4.37. The van der Waals surface area contributed by atoms with E-state index in [4.69, 9.17) is 0 Å². The number of benzene rings is 1. The summed E-state index contributed by atoms with van der Waals surface area (Å²) in [6.45, 7) is 10.5. The molecule has 0 unspecified atom stereocenters. The summed E-state index contributed by atoms with van der Waals surface area (Å²) in [5, 5.41) is 7.75. The van der Waals surface area contributed by atoms with Crippen molar-refractivity contribution in [3.8, 4) is 0 Å². The van der Waals surface area contributed by atoms with E-state index in [1.54, 1.807) is 6.33 Å². The highest BCUT2D eigenvalue weighted by molar-refractivity contribution is 5.88. The van der Waals surface area contributed by atoms with Gasteiger partial charge in [-0.2, -0.15) is 10.1 Å². The highest BCUT2D eigenvalue weighted by Gasteiger charge is 2.44. The lowest BCUT2D eigenvalue weighted by molar-refractivity contribution is -0.125. The molecular formula is C21H27N5O. The number of fused-ring (bicyclic) bond motifs is 2. The Hall–Kier alpha value is -2.63. The van der Waals surface area contributed by atoms with Crippen molar-refractivity contribution in [2.24, 2.45) is 11.3 Å². The quantitative estimate of drug-likeness (QED) is 0.896. The van der Waals surface area contributed by atoms with Crippen molar-refractivity contribution in [1.29, 1.82) is 0 Å². The standard InChI is InChI=1S/C21H27N5O/c1-5-25(6-2)15-9-7-14(8-10-15)19-18-16(11-21(3,4)12-17(18)27)24-20-22-13-23-26(19)20/h7-11,13,18-19H,5-6,12H2,1-4H3,(H,22,23,24)/t18-,19-/m1/s1. The first-order valence-electron chi connectivity index (χ1n) is 9.70. The van der Waals surface area contributed by atoms with Crippen molar-refractivity contribution in [1.82, 2.24) is 14.8 Å². The molecule has 0 saturated carbocycles. The molecule has 0 radical (unpaired) electrons. The van der Waals surface area contributed by atoms with Gasteiger partial charge in [-0.1, -0.05) is 32.1 Å². The molecule has 2 heterocycles. The van der Waals surface area contributed by atoms with Crippen molar-refractivity contribution in [2.75, 3.05) is 23.3 Å². The Morgan fingerprint density at radius 3 is 2.59 bits per heavy atom. The molecule has 0 spiro atoms. The fourth-order valence-corrected chi connectivity index (χ4v) is 4.37. The smallest absolute Gasteiger partial charge is 0.226 e. The van der Waals surface area contributed by atoms with Gasteiger partial charge in [0, 0.05) is 30.9 Å². The van der Waals surface area contributed by atoms with Crippen LogP contribution in [0.1, 0.15) is 45.7 Å². The highest BCUT2D eigenvalue weighted by Crippen LogP contribution is 2.45. The molecule has 2 aliphatic rings. The average molecular weight is 365 g/mol. The molecule has 27 heavy (non-hydrogen) atoms. The minimum atomic E-state index is -0.244. The Morgan fingerprint density at radius 1 is 1.22 bits per heavy atom. The first kappa shape index (κ1) is 17.8. The van der Waals surface area contributed by atoms with Gasteiger partial charge in [-0.15, -0.1) is 0 Å². The number of nitrogens with zero attached hydrogens (tertiary/aromatic N) is 4. The van der Waals surface area contributed by atoms with E-state index in [0.717, 1.165) is 24.4 Å². The Morgan fingerprint density at radius 2 is 1.93 bits per heavy atom. The summed E-state index contributed by atoms with van der Waals surface area (Å²) in [6, 6.07) is 8.37. The van der Waals surface area contributed by atoms with Gasteiger partial charge in [-0.3, -0.25) is 4.79 Å². The Labute approximate surface area is 160 Å². The zero-order chi connectivity index (χ0) is 19.2. The number of hydrogen-bond donors (Lipinski definition) is 1. The number of allylic oxidation sites excluding steroid dienone is 2. The van der Waals surface area contributed by atoms with Gasteiger partial charge in [0.2, 0.25) is 5.95 Å². The second-order valence-electron chi connectivity index (χ2n) is 8.07. The molecule has 6 heteroatoms. The molecular weight excluding hydrogens is 338 g/mol. The number of nitrogens with one attached hydrogen (secondary N) is 1. The molecule has 6 nitrogen and oxygen atoms in total. The van der Waals surface area contributed by atoms with Crippen LogP contribution in [0.2, 0.25) is 0 Å². The largest absolute Gasteiger partial charge is 0.372 e. The van der Waals surface area contributed by atoms with Gasteiger partial charge in [0.15, 0.2) is 0 Å². The molecule has 1 aliphatic carbocycles. The predicted octanol–water partition coefficient (Wildman–Crippen LogP) is 3.64. The van der Waals surface area contributed by atoms with E-state index in [1.165, 1.54) is 5.69 Å². The Bertz CT molecular complexity index is 876. The summed E-state index contributed by atoms with van der Waals surface area (Å²) in [6.07, 6.45) is 4.28. The van der Waals surface area contributed by atoms with Gasteiger partial charge in [0.1, 0.15) is 12.1 Å². The second-order valence-corrected chi connectivity index (χ2v) is 8.07. The third-order valence-electron chi connectivity index (χ3n) is 5.63. The van der Waals surface area contributed by atoms with E-state index >= 15 is 0 Å². The molecule has 0 amide bonds. The van der Waals surface area contributed by atoms with Crippen molar-refractivity contribution < 1.29 is 4.79 Å². The van der Waals surface area contributed by atoms with Gasteiger partial charge in [-0.05, 0) is 37.0 Å². The van der Waals surface area contributed by atoms with Crippen LogP contribution >= 0.6 is 0 Å². The normalized spacial score (nSPS) is 23.1. The second kappa shape index (κ2) is 6.51. The van der Waals surface area contributed by atoms with Gasteiger partial charge in [0.25, 0.3) is 0 Å². The van der Waals surface area contributed by atoms with Crippen LogP contribution in [-0.2, 0) is 4.79 Å². The lowest BCUT2D eigenvalue weighted by Crippen LogP contribution is -2.42. The topological polar surface area (TPSA) is 63.1 Å². The number of anilines is 2. The van der Waals surface area contributed by atoms with E-state index in [9.17, 15) is 4.79 Å². The van der Waals surface area contributed by atoms with Crippen molar-refractivity contribution in [2.45, 2.75) is 40.2 Å². The molecule has 1 aromatic heterocycles. The number of carbonyl (C=O) groups excluding carboxylic acids is 1. The van der Waals surface area contributed by atoms with E-state index in [-0.39, 0.29) is 23.2 Å². The van der Waals surface area contributed by atoms with E-state index in [2.05, 4.69) is 78.3 Å². The van der Waals surface area contributed by atoms with Crippen LogP contribution in [0.5, 0.6) is 0 Å². The highest BCUT2D eigenvalue weighted by atomic mass is 16.1. The summed E-state index contributed by atoms with van der Waals surface area (Å²) in [5.74, 6) is 0.705. The van der Waals surface area contributed by atoms with Crippen molar-refractivity contribution in [3.63, 3.8) is 0 Å². The molecule has 1 N–H and O–H groups in total. The summed E-state index contributed by atoms with van der Waals surface area (Å²) in [4.78, 5) is 19.7. The van der Waals surface area contributed by atoms with E-state index in [0.29, 0.717) is 12.4 Å². The van der Waals surface area contributed by atoms with E-state index < -0.39 is 0 Å². The summed E-state index contributed by atoms with van der Waals surface area (Å²) >= 11 is 0. The monoisotopic (exact) mass is 365 g/mol. The van der Waals surface area contributed by atoms with Crippen molar-refractivity contribution in [3.05, 3.63) is 47.9 Å². The summed E-state index contributed by atoms with van der Waals surface area (Å²) in [5.41, 5.74) is 3.09. The fraction of sp³-hybridized carbons (Fsp3) is 0.476. The van der Waals surface area contributed by atoms with Crippen LogP contribution < -0.4 is 10.2 Å². The molecule has 4 rings (SSSR count). The SMILES string of the molecule is CCN(CC)c1ccc([C@@H]2[C@H]3C(=O)CC(C)(C)C=C3Nc3ncnn32)cc1. The summed E-state index contributed by atoms with van der Waals surface area (Å²) in [7, 11) is 0.